The van der Waals surface area contributed by atoms with Gasteiger partial charge in [0.1, 0.15) is 5.60 Å². The van der Waals surface area contributed by atoms with Crippen LogP contribution < -0.4 is 10.6 Å². The van der Waals surface area contributed by atoms with E-state index in [0.29, 0.717) is 17.8 Å². The summed E-state index contributed by atoms with van der Waals surface area (Å²) in [5.74, 6) is -0.167. The molecule has 1 aliphatic heterocycles. The van der Waals surface area contributed by atoms with Crippen molar-refractivity contribution in [2.75, 3.05) is 18.4 Å². The number of alkyl carbamates (subject to hydrolysis) is 1. The van der Waals surface area contributed by atoms with Gasteiger partial charge in [0, 0.05) is 42.3 Å². The molecule has 218 valence electrons. The molecule has 0 aliphatic carbocycles. The van der Waals surface area contributed by atoms with Crippen LogP contribution in [-0.4, -0.2) is 51.2 Å². The molecule has 2 N–H and O–H groups in total. The lowest BCUT2D eigenvalue weighted by Gasteiger charge is -2.33. The molecule has 0 spiro atoms. The lowest BCUT2D eigenvalue weighted by molar-refractivity contribution is 0.0470. The van der Waals surface area contributed by atoms with Crippen molar-refractivity contribution in [1.82, 2.24) is 19.8 Å². The van der Waals surface area contributed by atoms with Crippen molar-refractivity contribution < 1.29 is 14.3 Å². The Morgan fingerprint density at radius 1 is 1.00 bits per heavy atom. The predicted octanol–water partition coefficient (Wildman–Crippen LogP) is 6.59. The fraction of sp³-hybridized carbons (Fsp3) is 0.324. The minimum atomic E-state index is -0.532. The fourth-order valence-corrected chi connectivity index (χ4v) is 5.25. The second kappa shape index (κ2) is 12.6. The molecule has 1 fully saturated rings. The number of rotatable bonds is 7. The first-order valence-corrected chi connectivity index (χ1v) is 14.4. The first kappa shape index (κ1) is 29.1. The highest BCUT2D eigenvalue weighted by atomic mass is 16.6. The Balaban J connectivity index is 1.31. The number of hydrogen-bond acceptors (Lipinski definition) is 5. The molecule has 0 saturated carbocycles. The Labute approximate surface area is 247 Å². The summed E-state index contributed by atoms with van der Waals surface area (Å²) in [6, 6.07) is 23.9. The molecule has 2 heterocycles. The Bertz CT molecular complexity index is 1520. The number of imidazole rings is 1. The summed E-state index contributed by atoms with van der Waals surface area (Å²) < 4.78 is 7.43. The van der Waals surface area contributed by atoms with Gasteiger partial charge in [0.25, 0.3) is 5.91 Å². The minimum Gasteiger partial charge on any atom is -0.444 e. The molecule has 42 heavy (non-hydrogen) atoms. The van der Waals surface area contributed by atoms with Gasteiger partial charge in [-0.1, -0.05) is 42.5 Å². The number of aryl methyl sites for hydroxylation is 1. The maximum absolute atomic E-state index is 13.3. The van der Waals surface area contributed by atoms with Crippen molar-refractivity contribution in [2.45, 2.75) is 58.7 Å². The zero-order valence-electron chi connectivity index (χ0n) is 24.8. The minimum absolute atomic E-state index is 0.0195. The van der Waals surface area contributed by atoms with Gasteiger partial charge in [-0.25, -0.2) is 9.78 Å². The number of nitrogens with zero attached hydrogens (tertiary/aromatic N) is 3. The van der Waals surface area contributed by atoms with Crippen LogP contribution in [0.2, 0.25) is 0 Å². The van der Waals surface area contributed by atoms with Gasteiger partial charge in [-0.3, -0.25) is 9.69 Å². The summed E-state index contributed by atoms with van der Waals surface area (Å²) in [5, 5.41) is 6.13. The van der Waals surface area contributed by atoms with E-state index in [1.807, 2.05) is 93.1 Å². The Morgan fingerprint density at radius 2 is 1.74 bits per heavy atom. The topological polar surface area (TPSA) is 88.5 Å². The van der Waals surface area contributed by atoms with E-state index in [1.165, 1.54) is 0 Å². The normalized spacial score (nSPS) is 15.7. The number of piperidine rings is 1. The van der Waals surface area contributed by atoms with Crippen LogP contribution in [0, 0.1) is 6.92 Å². The third-order valence-corrected chi connectivity index (χ3v) is 7.13. The number of carbonyl (C=O) groups is 2. The molecule has 5 rings (SSSR count). The fourth-order valence-electron chi connectivity index (χ4n) is 5.25. The second-order valence-corrected chi connectivity index (χ2v) is 11.9. The lowest BCUT2D eigenvalue weighted by atomic mass is 10.0. The third kappa shape index (κ3) is 7.85. The molecule has 1 saturated heterocycles. The maximum Gasteiger partial charge on any atom is 0.407 e. The van der Waals surface area contributed by atoms with E-state index in [2.05, 4.69) is 38.7 Å². The number of hydrogen-bond donors (Lipinski definition) is 2. The van der Waals surface area contributed by atoms with E-state index >= 15 is 0 Å². The zero-order valence-corrected chi connectivity index (χ0v) is 24.8. The molecule has 0 bridgehead atoms. The van der Waals surface area contributed by atoms with Crippen LogP contribution in [0.15, 0.2) is 85.3 Å². The van der Waals surface area contributed by atoms with E-state index in [9.17, 15) is 9.59 Å². The lowest BCUT2D eigenvalue weighted by Crippen LogP contribution is -2.48. The summed E-state index contributed by atoms with van der Waals surface area (Å²) in [6.45, 7) is 9.88. The van der Waals surface area contributed by atoms with Crippen LogP contribution in [0.1, 0.15) is 55.2 Å². The summed E-state index contributed by atoms with van der Waals surface area (Å²) in [4.78, 5) is 32.3. The Hall–Kier alpha value is -4.43. The first-order chi connectivity index (χ1) is 20.1. The largest absolute Gasteiger partial charge is 0.444 e. The highest BCUT2D eigenvalue weighted by Gasteiger charge is 2.24. The van der Waals surface area contributed by atoms with E-state index in [-0.39, 0.29) is 18.0 Å². The molecule has 2 amide bonds. The molecule has 3 aromatic carbocycles. The van der Waals surface area contributed by atoms with Crippen molar-refractivity contribution in [2.24, 2.45) is 0 Å². The van der Waals surface area contributed by atoms with Crippen molar-refractivity contribution in [3.8, 4) is 16.8 Å². The Morgan fingerprint density at radius 3 is 2.43 bits per heavy atom. The number of anilines is 1. The van der Waals surface area contributed by atoms with Gasteiger partial charge in [0.2, 0.25) is 0 Å². The van der Waals surface area contributed by atoms with Crippen molar-refractivity contribution in [3.05, 3.63) is 102 Å². The van der Waals surface area contributed by atoms with Gasteiger partial charge in [-0.05, 0) is 94.1 Å². The highest BCUT2D eigenvalue weighted by molar-refractivity contribution is 6.04. The molecule has 0 unspecified atom stereocenters. The smallest absolute Gasteiger partial charge is 0.407 e. The van der Waals surface area contributed by atoms with E-state index in [0.717, 1.165) is 54.0 Å². The van der Waals surface area contributed by atoms with Crippen molar-refractivity contribution >= 4 is 17.7 Å². The predicted molar refractivity (Wildman–Crippen MR) is 166 cm³/mol. The first-order valence-electron chi connectivity index (χ1n) is 14.4. The number of likely N-dealkylation sites (tertiary alicyclic amines) is 1. The summed E-state index contributed by atoms with van der Waals surface area (Å²) in [6.07, 6.45) is 5.25. The second-order valence-electron chi connectivity index (χ2n) is 11.9. The SMILES string of the molecule is Cc1cn(-c2cc(CN3CCC[C@H](NC(=O)OC(C)(C)C)C3)cc(NC(=O)c3ccc(-c4ccccc4)cc3)c2)cn1. The number of aromatic nitrogens is 2. The van der Waals surface area contributed by atoms with Gasteiger partial charge in [0.05, 0.1) is 12.0 Å². The molecule has 8 nitrogen and oxygen atoms in total. The van der Waals surface area contributed by atoms with Crippen LogP contribution in [0.4, 0.5) is 10.5 Å². The summed E-state index contributed by atoms with van der Waals surface area (Å²) in [5.41, 5.74) is 5.84. The molecule has 8 heteroatoms. The highest BCUT2D eigenvalue weighted by Crippen LogP contribution is 2.24. The average molecular weight is 566 g/mol. The van der Waals surface area contributed by atoms with Gasteiger partial charge in [0.15, 0.2) is 0 Å². The maximum atomic E-state index is 13.3. The standard InChI is InChI=1S/C34H39N5O3/c1-24-20-39(23-35-24)31-18-25(21-38-16-8-11-29(22-38)37-33(41)42-34(2,3)4)17-30(19-31)36-32(40)28-14-12-27(13-15-28)26-9-6-5-7-10-26/h5-7,9-10,12-15,17-20,23,29H,8,11,16,21-22H2,1-4H3,(H,36,40)(H,37,41)/t29-/m0/s1. The number of nitrogens with one attached hydrogen (secondary N) is 2. The van der Waals surface area contributed by atoms with Gasteiger partial charge in [-0.2, -0.15) is 0 Å². The molecular formula is C34H39N5O3. The third-order valence-electron chi connectivity index (χ3n) is 7.13. The monoisotopic (exact) mass is 565 g/mol. The van der Waals surface area contributed by atoms with Crippen LogP contribution in [0.25, 0.3) is 16.8 Å². The molecule has 1 atom stereocenters. The number of ether oxygens (including phenoxy) is 1. The van der Waals surface area contributed by atoms with Crippen molar-refractivity contribution in [3.63, 3.8) is 0 Å². The molecule has 1 aromatic heterocycles. The molecule has 4 aromatic rings. The van der Waals surface area contributed by atoms with E-state index < -0.39 is 5.60 Å². The Kier molecular flexibility index (Phi) is 8.73. The number of benzene rings is 3. The molecule has 0 radical (unpaired) electrons. The zero-order chi connectivity index (χ0) is 29.7. The summed E-state index contributed by atoms with van der Waals surface area (Å²) in [7, 11) is 0. The van der Waals surface area contributed by atoms with Crippen LogP contribution in [-0.2, 0) is 11.3 Å². The molecule has 1 aliphatic rings. The quantitative estimate of drug-likeness (QED) is 0.264. The van der Waals surface area contributed by atoms with E-state index in [4.69, 9.17) is 4.74 Å². The van der Waals surface area contributed by atoms with Gasteiger partial charge in [-0.15, -0.1) is 0 Å². The van der Waals surface area contributed by atoms with Gasteiger partial charge < -0.3 is 19.9 Å². The molecular weight excluding hydrogens is 526 g/mol. The summed E-state index contributed by atoms with van der Waals surface area (Å²) >= 11 is 0. The number of amides is 2. The van der Waals surface area contributed by atoms with Crippen LogP contribution in [0.5, 0.6) is 0 Å². The van der Waals surface area contributed by atoms with Crippen molar-refractivity contribution in [1.29, 1.82) is 0 Å². The van der Waals surface area contributed by atoms with Crippen LogP contribution >= 0.6 is 0 Å². The van der Waals surface area contributed by atoms with Crippen LogP contribution in [0.3, 0.4) is 0 Å². The average Bonchev–Trinajstić information content (AvgIpc) is 3.39. The van der Waals surface area contributed by atoms with E-state index in [1.54, 1.807) is 6.33 Å². The van der Waals surface area contributed by atoms with Gasteiger partial charge >= 0.3 is 6.09 Å². The number of carbonyl (C=O) groups excluding carboxylic acids is 2.